The first-order valence-corrected chi connectivity index (χ1v) is 11.6. The highest BCUT2D eigenvalue weighted by atomic mass is 19.4. The average molecular weight is 495 g/mol. The van der Waals surface area contributed by atoms with E-state index in [9.17, 15) is 18.0 Å². The lowest BCUT2D eigenvalue weighted by molar-refractivity contribution is -0.141. The Labute approximate surface area is 204 Å². The molecule has 9 nitrogen and oxygen atoms in total. The highest BCUT2D eigenvalue weighted by Gasteiger charge is 2.38. The van der Waals surface area contributed by atoms with Gasteiger partial charge < -0.3 is 9.88 Å². The molecule has 0 spiro atoms. The summed E-state index contributed by atoms with van der Waals surface area (Å²) in [5.74, 6) is -0.466. The normalized spacial score (nSPS) is 18.0. The lowest BCUT2D eigenvalue weighted by atomic mass is 9.85. The molecular weight excluding hydrogens is 473 g/mol. The van der Waals surface area contributed by atoms with E-state index in [2.05, 4.69) is 29.9 Å². The van der Waals surface area contributed by atoms with Crippen LogP contribution in [0.25, 0.3) is 22.3 Å². The first kappa shape index (κ1) is 22.7. The van der Waals surface area contributed by atoms with Gasteiger partial charge in [0.05, 0.1) is 17.9 Å². The van der Waals surface area contributed by atoms with Crippen LogP contribution >= 0.6 is 0 Å². The maximum absolute atomic E-state index is 12.9. The quantitative estimate of drug-likeness (QED) is 0.467. The monoisotopic (exact) mass is 495 g/mol. The molecule has 2 aliphatic rings. The Morgan fingerprint density at radius 2 is 1.86 bits per heavy atom. The summed E-state index contributed by atoms with van der Waals surface area (Å²) >= 11 is 0. The molecule has 0 bridgehead atoms. The fraction of sp³-hybridized carbons (Fsp3) is 0.333. The van der Waals surface area contributed by atoms with Crippen molar-refractivity contribution in [1.82, 2.24) is 39.5 Å². The molecule has 1 saturated heterocycles. The zero-order valence-electron chi connectivity index (χ0n) is 19.1. The third-order valence-electron chi connectivity index (χ3n) is 6.85. The summed E-state index contributed by atoms with van der Waals surface area (Å²) in [5, 5.41) is 5.47. The van der Waals surface area contributed by atoms with Gasteiger partial charge in [0.2, 0.25) is 0 Å². The summed E-state index contributed by atoms with van der Waals surface area (Å²) in [7, 11) is 0. The molecule has 4 aromatic heterocycles. The number of nitrogens with zero attached hydrogens (tertiary/aromatic N) is 7. The van der Waals surface area contributed by atoms with Gasteiger partial charge in [0.1, 0.15) is 23.4 Å². The number of aromatic nitrogens is 6. The van der Waals surface area contributed by atoms with Crippen molar-refractivity contribution in [3.05, 3.63) is 66.6 Å². The number of hydrogen-bond donors (Lipinski definition) is 1. The van der Waals surface area contributed by atoms with Crippen molar-refractivity contribution in [3.63, 3.8) is 0 Å². The van der Waals surface area contributed by atoms with Crippen LogP contribution in [0.3, 0.4) is 0 Å². The predicted molar refractivity (Wildman–Crippen MR) is 123 cm³/mol. The molecule has 5 heterocycles. The number of carbonyl (C=O) groups excluding carboxylic acids is 1. The van der Waals surface area contributed by atoms with Crippen LogP contribution in [0.4, 0.5) is 13.2 Å². The fourth-order valence-electron chi connectivity index (χ4n) is 4.81. The van der Waals surface area contributed by atoms with Crippen molar-refractivity contribution in [2.24, 2.45) is 0 Å². The summed E-state index contributed by atoms with van der Waals surface area (Å²) < 4.78 is 40.7. The third-order valence-corrected chi connectivity index (χ3v) is 6.85. The zero-order chi connectivity index (χ0) is 24.9. The summed E-state index contributed by atoms with van der Waals surface area (Å²) in [4.78, 5) is 31.9. The second kappa shape index (κ2) is 8.70. The van der Waals surface area contributed by atoms with Gasteiger partial charge in [-0.3, -0.25) is 14.4 Å². The van der Waals surface area contributed by atoms with Crippen LogP contribution < -0.4 is 0 Å². The molecule has 1 aliphatic heterocycles. The van der Waals surface area contributed by atoms with Crippen molar-refractivity contribution < 1.29 is 18.0 Å². The van der Waals surface area contributed by atoms with Crippen LogP contribution in [0, 0.1) is 6.04 Å². The molecule has 0 atom stereocenters. The first-order valence-electron chi connectivity index (χ1n) is 11.6. The Balaban J connectivity index is 1.04. The Hall–Kier alpha value is -3.80. The number of fused-ring (bicyclic) bond motifs is 1. The van der Waals surface area contributed by atoms with Gasteiger partial charge in [-0.2, -0.15) is 18.3 Å². The van der Waals surface area contributed by atoms with Crippen molar-refractivity contribution in [2.45, 2.75) is 25.1 Å². The molecule has 0 aromatic carbocycles. The van der Waals surface area contributed by atoms with E-state index in [0.717, 1.165) is 41.2 Å². The summed E-state index contributed by atoms with van der Waals surface area (Å²) in [6.45, 7) is 2.24. The van der Waals surface area contributed by atoms with Crippen LogP contribution in [0.1, 0.15) is 29.0 Å². The number of pyridine rings is 1. The molecule has 6 rings (SSSR count). The highest BCUT2D eigenvalue weighted by Crippen LogP contribution is 2.36. The molecule has 0 unspecified atom stereocenters. The Morgan fingerprint density at radius 1 is 1.06 bits per heavy atom. The van der Waals surface area contributed by atoms with Crippen LogP contribution in [0.15, 0.2) is 49.2 Å². The number of piperazine rings is 1. The molecule has 1 N–H and O–H groups in total. The number of carbonyl (C=O) groups is 1. The molecule has 1 saturated carbocycles. The van der Waals surface area contributed by atoms with Gasteiger partial charge in [-0.25, -0.2) is 15.0 Å². The second-order valence-corrected chi connectivity index (χ2v) is 9.00. The minimum atomic E-state index is -4.58. The molecule has 4 aromatic rings. The molecule has 36 heavy (non-hydrogen) atoms. The molecule has 1 amide bonds. The number of alkyl halides is 3. The lowest BCUT2D eigenvalue weighted by Crippen LogP contribution is -2.55. The molecule has 185 valence electrons. The number of halogens is 3. The van der Waals surface area contributed by atoms with E-state index in [1.807, 2.05) is 23.1 Å². The largest absolute Gasteiger partial charge is 0.433 e. The van der Waals surface area contributed by atoms with E-state index in [-0.39, 0.29) is 5.69 Å². The van der Waals surface area contributed by atoms with E-state index >= 15 is 0 Å². The minimum Gasteiger partial charge on any atom is -0.346 e. The van der Waals surface area contributed by atoms with Gasteiger partial charge in [0, 0.05) is 55.6 Å². The number of aromatic amines is 1. The molecule has 1 radical (unpaired) electrons. The van der Waals surface area contributed by atoms with Gasteiger partial charge >= 0.3 is 6.18 Å². The van der Waals surface area contributed by atoms with Gasteiger partial charge in [-0.05, 0) is 31.0 Å². The highest BCUT2D eigenvalue weighted by molar-refractivity contribution is 5.92. The van der Waals surface area contributed by atoms with Gasteiger partial charge in [-0.1, -0.05) is 6.07 Å². The van der Waals surface area contributed by atoms with Crippen molar-refractivity contribution in [2.75, 3.05) is 26.2 Å². The SMILES string of the molecule is O=C(c1cccc(C(F)(F)F)n1)N1CCN(C2C[C](n3cc(-c4ncnc5[nH]ccc45)cn3)C2)CC1. The van der Waals surface area contributed by atoms with Crippen molar-refractivity contribution >= 4 is 16.9 Å². The molecule has 12 heteroatoms. The summed E-state index contributed by atoms with van der Waals surface area (Å²) in [6, 6.07) is 6.93. The van der Waals surface area contributed by atoms with E-state index < -0.39 is 17.8 Å². The number of nitrogens with one attached hydrogen (secondary N) is 1. The topological polar surface area (TPSA) is 95.8 Å². The number of hydrogen-bond acceptors (Lipinski definition) is 6. The number of rotatable bonds is 4. The third kappa shape index (κ3) is 4.11. The van der Waals surface area contributed by atoms with Crippen molar-refractivity contribution in [3.8, 4) is 11.3 Å². The smallest absolute Gasteiger partial charge is 0.346 e. The maximum Gasteiger partial charge on any atom is 0.433 e. The van der Waals surface area contributed by atoms with E-state index in [0.29, 0.717) is 32.2 Å². The van der Waals surface area contributed by atoms with E-state index in [1.165, 1.54) is 24.5 Å². The molecule has 1 aliphatic carbocycles. The van der Waals surface area contributed by atoms with Gasteiger partial charge in [-0.15, -0.1) is 0 Å². The molecule has 2 fully saturated rings. The molecular formula is C24H22F3N8O. The Morgan fingerprint density at radius 3 is 2.64 bits per heavy atom. The Bertz CT molecular complexity index is 1400. The fourth-order valence-corrected chi connectivity index (χ4v) is 4.81. The first-order chi connectivity index (χ1) is 17.4. The van der Waals surface area contributed by atoms with Crippen LogP contribution in [0.2, 0.25) is 0 Å². The standard InChI is InChI=1S/C24H22F3N8O/c25-24(26,27)20-3-1-2-19(32-20)23(36)34-8-6-33(7-9-34)16-10-17(11-16)35-13-15(12-31-35)21-18-4-5-28-22(18)30-14-29-21/h1-5,12-14,16H,6-11H2,(H,28,29,30). The van der Waals surface area contributed by atoms with Gasteiger partial charge in [0.15, 0.2) is 0 Å². The maximum atomic E-state index is 12.9. The van der Waals surface area contributed by atoms with Crippen LogP contribution in [0.5, 0.6) is 0 Å². The lowest BCUT2D eigenvalue weighted by Gasteiger charge is -2.45. The number of H-pyrrole nitrogens is 1. The predicted octanol–water partition coefficient (Wildman–Crippen LogP) is 3.24. The number of amides is 1. The Kier molecular flexibility index (Phi) is 5.47. The second-order valence-electron chi connectivity index (χ2n) is 9.00. The van der Waals surface area contributed by atoms with E-state index in [1.54, 1.807) is 11.1 Å². The zero-order valence-corrected chi connectivity index (χ0v) is 19.1. The van der Waals surface area contributed by atoms with Crippen LogP contribution in [-0.4, -0.2) is 77.6 Å². The summed E-state index contributed by atoms with van der Waals surface area (Å²) in [6.07, 6.45) is 4.32. The average Bonchev–Trinajstić information content (AvgIpc) is 3.53. The van der Waals surface area contributed by atoms with E-state index in [4.69, 9.17) is 0 Å². The van der Waals surface area contributed by atoms with Crippen LogP contribution in [-0.2, 0) is 6.18 Å². The van der Waals surface area contributed by atoms with Gasteiger partial charge in [0.25, 0.3) is 5.91 Å². The minimum absolute atomic E-state index is 0.173. The summed E-state index contributed by atoms with van der Waals surface area (Å²) in [5.41, 5.74) is 1.31. The van der Waals surface area contributed by atoms with Crippen molar-refractivity contribution in [1.29, 1.82) is 0 Å².